The van der Waals surface area contributed by atoms with Crippen LogP contribution in [-0.4, -0.2) is 17.0 Å². The monoisotopic (exact) mass is 372 g/mol. The van der Waals surface area contributed by atoms with Crippen molar-refractivity contribution in [2.24, 2.45) is 0 Å². The minimum atomic E-state index is -0.759. The molecule has 0 N–H and O–H groups in total. The smallest absolute Gasteiger partial charge is 0.227 e. The molecule has 1 fully saturated rings. The summed E-state index contributed by atoms with van der Waals surface area (Å²) < 4.78 is 0. The Morgan fingerprint density at radius 2 is 1.00 bits per heavy atom. The second-order valence-electron chi connectivity index (χ2n) is 8.08. The van der Waals surface area contributed by atoms with Crippen LogP contribution in [0.15, 0.2) is 0 Å². The molecule has 1 saturated carbocycles. The van der Waals surface area contributed by atoms with Gasteiger partial charge in [0.05, 0.1) is 0 Å². The molecular formula is C22H44O4. The summed E-state index contributed by atoms with van der Waals surface area (Å²) in [5.41, 5.74) is -0.447. The van der Waals surface area contributed by atoms with Crippen LogP contribution in [0.1, 0.15) is 125 Å². The molecule has 0 radical (unpaired) electrons. The summed E-state index contributed by atoms with van der Waals surface area (Å²) >= 11 is 0. The van der Waals surface area contributed by atoms with Gasteiger partial charge in [-0.1, -0.05) is 60.8 Å². The Balaban J connectivity index is 2.83. The van der Waals surface area contributed by atoms with Gasteiger partial charge >= 0.3 is 0 Å². The first kappa shape index (κ1) is 23.9. The Bertz CT molecular complexity index is 327. The van der Waals surface area contributed by atoms with E-state index in [0.29, 0.717) is 0 Å². The fourth-order valence-electron chi connectivity index (χ4n) is 4.04. The minimum absolute atomic E-state index is 0.224. The van der Waals surface area contributed by atoms with Crippen LogP contribution in [0.3, 0.4) is 0 Å². The Morgan fingerprint density at radius 1 is 0.615 bits per heavy atom. The molecule has 4 heteroatoms. The SMILES string of the molecule is CCCC(CC)(CC)OOC1(OOC(CC)(CC)CCC)CCCCC1. The molecule has 0 saturated heterocycles. The van der Waals surface area contributed by atoms with Crippen molar-refractivity contribution >= 4 is 0 Å². The van der Waals surface area contributed by atoms with Crippen LogP contribution in [0.25, 0.3) is 0 Å². The lowest BCUT2D eigenvalue weighted by Crippen LogP contribution is -2.45. The van der Waals surface area contributed by atoms with Gasteiger partial charge in [0.15, 0.2) is 0 Å². The van der Waals surface area contributed by atoms with Gasteiger partial charge in [-0.3, -0.25) is 0 Å². The van der Waals surface area contributed by atoms with Crippen LogP contribution in [0.2, 0.25) is 0 Å². The van der Waals surface area contributed by atoms with Crippen molar-refractivity contribution in [3.8, 4) is 0 Å². The van der Waals surface area contributed by atoms with Crippen LogP contribution < -0.4 is 0 Å². The second-order valence-corrected chi connectivity index (χ2v) is 8.08. The molecule has 156 valence electrons. The maximum Gasteiger partial charge on any atom is 0.234 e. The van der Waals surface area contributed by atoms with Gasteiger partial charge in [-0.05, 0) is 51.4 Å². The summed E-state index contributed by atoms with van der Waals surface area (Å²) in [4.78, 5) is 24.4. The van der Waals surface area contributed by atoms with Crippen molar-refractivity contribution < 1.29 is 19.6 Å². The number of hydrogen-bond acceptors (Lipinski definition) is 4. The molecule has 1 rings (SSSR count). The van der Waals surface area contributed by atoms with Gasteiger partial charge in [0.2, 0.25) is 5.79 Å². The van der Waals surface area contributed by atoms with Crippen molar-refractivity contribution in [1.29, 1.82) is 0 Å². The highest BCUT2D eigenvalue weighted by molar-refractivity contribution is 4.79. The van der Waals surface area contributed by atoms with E-state index in [2.05, 4.69) is 41.5 Å². The zero-order valence-corrected chi connectivity index (χ0v) is 18.3. The van der Waals surface area contributed by atoms with E-state index in [1.165, 1.54) is 6.42 Å². The van der Waals surface area contributed by atoms with Crippen LogP contribution >= 0.6 is 0 Å². The normalized spacial score (nSPS) is 18.2. The predicted molar refractivity (Wildman–Crippen MR) is 107 cm³/mol. The summed E-state index contributed by atoms with van der Waals surface area (Å²) in [6.07, 6.45) is 13.0. The van der Waals surface area contributed by atoms with Crippen molar-refractivity contribution in [2.45, 2.75) is 142 Å². The van der Waals surface area contributed by atoms with Crippen LogP contribution in [0.4, 0.5) is 0 Å². The third kappa shape index (κ3) is 6.47. The molecule has 0 aromatic heterocycles. The molecular weight excluding hydrogens is 328 g/mol. The highest BCUT2D eigenvalue weighted by Crippen LogP contribution is 2.39. The van der Waals surface area contributed by atoms with E-state index >= 15 is 0 Å². The van der Waals surface area contributed by atoms with Crippen molar-refractivity contribution in [3.05, 3.63) is 0 Å². The van der Waals surface area contributed by atoms with Crippen LogP contribution in [-0.2, 0) is 19.6 Å². The summed E-state index contributed by atoms with van der Waals surface area (Å²) in [6.45, 7) is 13.1. The van der Waals surface area contributed by atoms with E-state index in [-0.39, 0.29) is 11.2 Å². The largest absolute Gasteiger partial charge is 0.234 e. The third-order valence-corrected chi connectivity index (χ3v) is 6.34. The molecule has 0 heterocycles. The molecule has 0 aromatic carbocycles. The zero-order valence-electron chi connectivity index (χ0n) is 18.3. The van der Waals surface area contributed by atoms with Gasteiger partial charge < -0.3 is 0 Å². The maximum absolute atomic E-state index is 6.10. The first-order valence-corrected chi connectivity index (χ1v) is 11.2. The van der Waals surface area contributed by atoms with Crippen LogP contribution in [0, 0.1) is 0 Å². The molecule has 0 bridgehead atoms. The van der Waals surface area contributed by atoms with E-state index in [4.69, 9.17) is 19.6 Å². The van der Waals surface area contributed by atoms with Gasteiger partial charge in [-0.2, -0.15) is 9.78 Å². The van der Waals surface area contributed by atoms with E-state index in [0.717, 1.165) is 77.0 Å². The van der Waals surface area contributed by atoms with Crippen LogP contribution in [0.5, 0.6) is 0 Å². The maximum atomic E-state index is 6.10. The standard InChI is InChI=1S/C22H44O4/c1-7-16-20(9-3,10-4)23-25-22(18-14-13-15-19-22)26-24-21(11-5,12-6)17-8-2/h7-19H2,1-6H3. The summed E-state index contributed by atoms with van der Waals surface area (Å²) in [7, 11) is 0. The van der Waals surface area contributed by atoms with Gasteiger partial charge in [0.25, 0.3) is 0 Å². The van der Waals surface area contributed by atoms with Gasteiger partial charge in [-0.25, -0.2) is 9.78 Å². The molecule has 0 amide bonds. The summed E-state index contributed by atoms with van der Waals surface area (Å²) in [5, 5.41) is 0. The average molecular weight is 373 g/mol. The van der Waals surface area contributed by atoms with Gasteiger partial charge in [-0.15, -0.1) is 0 Å². The quantitative estimate of drug-likeness (QED) is 0.183. The number of hydrogen-bond donors (Lipinski definition) is 0. The number of rotatable bonds is 14. The van der Waals surface area contributed by atoms with E-state index < -0.39 is 5.79 Å². The first-order chi connectivity index (χ1) is 12.5. The Hall–Kier alpha value is -0.160. The molecule has 1 aliphatic carbocycles. The highest BCUT2D eigenvalue weighted by Gasteiger charge is 2.42. The topological polar surface area (TPSA) is 36.9 Å². The molecule has 0 aliphatic heterocycles. The molecule has 0 unspecified atom stereocenters. The van der Waals surface area contributed by atoms with Gasteiger partial charge in [0, 0.05) is 12.8 Å². The van der Waals surface area contributed by atoms with E-state index in [1.807, 2.05) is 0 Å². The van der Waals surface area contributed by atoms with Crippen molar-refractivity contribution in [3.63, 3.8) is 0 Å². The first-order valence-electron chi connectivity index (χ1n) is 11.2. The Morgan fingerprint density at radius 3 is 1.31 bits per heavy atom. The third-order valence-electron chi connectivity index (χ3n) is 6.34. The molecule has 0 spiro atoms. The van der Waals surface area contributed by atoms with E-state index in [1.54, 1.807) is 0 Å². The van der Waals surface area contributed by atoms with Crippen molar-refractivity contribution in [2.75, 3.05) is 0 Å². The highest BCUT2D eigenvalue weighted by atomic mass is 17.3. The zero-order chi connectivity index (χ0) is 19.5. The van der Waals surface area contributed by atoms with Gasteiger partial charge in [0.1, 0.15) is 11.2 Å². The summed E-state index contributed by atoms with van der Waals surface area (Å²) in [6, 6.07) is 0. The lowest BCUT2D eigenvalue weighted by Gasteiger charge is -2.41. The minimum Gasteiger partial charge on any atom is -0.227 e. The molecule has 1 aliphatic rings. The molecule has 26 heavy (non-hydrogen) atoms. The molecule has 0 aromatic rings. The average Bonchev–Trinajstić information content (AvgIpc) is 2.69. The predicted octanol–water partition coefficient (Wildman–Crippen LogP) is 7.26. The Labute approximate surface area is 162 Å². The van der Waals surface area contributed by atoms with E-state index in [9.17, 15) is 0 Å². The molecule has 4 nitrogen and oxygen atoms in total. The second kappa shape index (κ2) is 11.6. The lowest BCUT2D eigenvalue weighted by molar-refractivity contribution is -0.553. The fourth-order valence-corrected chi connectivity index (χ4v) is 4.04. The van der Waals surface area contributed by atoms with Crippen molar-refractivity contribution in [1.82, 2.24) is 0 Å². The lowest BCUT2D eigenvalue weighted by atomic mass is 9.92. The summed E-state index contributed by atoms with van der Waals surface area (Å²) in [5.74, 6) is -0.759. The fraction of sp³-hybridized carbons (Fsp3) is 1.00. The Kier molecular flexibility index (Phi) is 10.7. The molecule has 0 atom stereocenters.